The monoisotopic (exact) mass is 1420 g/mol. The summed E-state index contributed by atoms with van der Waals surface area (Å²) in [6, 6.07) is 0. The van der Waals surface area contributed by atoms with Crippen LogP contribution in [0.15, 0.2) is 0 Å². The van der Waals surface area contributed by atoms with Crippen LogP contribution in [0.1, 0.15) is 413 Å². The van der Waals surface area contributed by atoms with Crippen LogP contribution in [-0.2, 0) is 65.4 Å². The van der Waals surface area contributed by atoms with Gasteiger partial charge in [-0.15, -0.1) is 0 Å². The largest absolute Gasteiger partial charge is 0.472 e. The molecule has 0 aliphatic heterocycles. The zero-order valence-corrected chi connectivity index (χ0v) is 65.0. The number of phosphoric ester groups is 2. The van der Waals surface area contributed by atoms with Crippen LogP contribution >= 0.6 is 15.6 Å². The number of rotatable bonds is 78. The molecule has 0 spiro atoms. The zero-order chi connectivity index (χ0) is 71.2. The standard InChI is InChI=1S/C78H152O17P2/c1-6-10-13-16-19-22-23-24-25-26-30-33-36-39-43-47-52-57-62-76(81)89-68-74(95-78(83)64-59-54-49-44-40-37-34-31-28-27-29-32-35-38-42-45-50-55-60-71(5)9-4)70-93-97(86,87)91-66-72(79)65-90-96(84,85)92-69-73(67-88-75(80)61-56-51-46-21-18-15-12-8-3)94-77(82)63-58-53-48-41-20-17-14-11-7-2/h71-74,79H,6-70H2,1-5H3,(H,84,85)(H,86,87)/t71?,72-,73+,74+/m0/s1. The second kappa shape index (κ2) is 71.1. The van der Waals surface area contributed by atoms with Crippen molar-refractivity contribution in [2.45, 2.75) is 432 Å². The van der Waals surface area contributed by atoms with Crippen molar-refractivity contribution in [3.63, 3.8) is 0 Å². The molecule has 19 heteroatoms. The van der Waals surface area contributed by atoms with E-state index < -0.39 is 97.5 Å². The Morgan fingerprint density at radius 1 is 0.289 bits per heavy atom. The number of aliphatic hydroxyl groups is 1. The Morgan fingerprint density at radius 3 is 0.732 bits per heavy atom. The van der Waals surface area contributed by atoms with Gasteiger partial charge in [0.25, 0.3) is 0 Å². The van der Waals surface area contributed by atoms with E-state index in [1.54, 1.807) is 0 Å². The van der Waals surface area contributed by atoms with Crippen molar-refractivity contribution in [1.29, 1.82) is 0 Å². The summed E-state index contributed by atoms with van der Waals surface area (Å²) in [5.74, 6) is -1.24. The molecule has 17 nitrogen and oxygen atoms in total. The number of ether oxygens (including phenoxy) is 4. The predicted octanol–water partition coefficient (Wildman–Crippen LogP) is 23.3. The van der Waals surface area contributed by atoms with Crippen molar-refractivity contribution in [3.05, 3.63) is 0 Å². The molecule has 97 heavy (non-hydrogen) atoms. The molecule has 576 valence electrons. The van der Waals surface area contributed by atoms with Gasteiger partial charge >= 0.3 is 39.5 Å². The predicted molar refractivity (Wildman–Crippen MR) is 395 cm³/mol. The molecule has 0 saturated carbocycles. The number of unbranched alkanes of at least 4 members (excludes halogenated alkanes) is 49. The Kier molecular flexibility index (Phi) is 69.6. The lowest BCUT2D eigenvalue weighted by molar-refractivity contribution is -0.161. The Hall–Kier alpha value is -1.94. The number of hydrogen-bond donors (Lipinski definition) is 3. The minimum absolute atomic E-state index is 0.106. The maximum atomic E-state index is 13.1. The van der Waals surface area contributed by atoms with Crippen LogP contribution in [0, 0.1) is 5.92 Å². The summed E-state index contributed by atoms with van der Waals surface area (Å²) in [5, 5.41) is 10.6. The molecule has 0 aromatic heterocycles. The van der Waals surface area contributed by atoms with Gasteiger partial charge in [0.2, 0.25) is 0 Å². The Bertz CT molecular complexity index is 1860. The second-order valence-corrected chi connectivity index (χ2v) is 31.3. The van der Waals surface area contributed by atoms with Gasteiger partial charge in [-0.05, 0) is 31.6 Å². The molecule has 0 heterocycles. The van der Waals surface area contributed by atoms with Gasteiger partial charge in [0, 0.05) is 25.7 Å². The number of carbonyl (C=O) groups excluding carboxylic acids is 4. The van der Waals surface area contributed by atoms with Gasteiger partial charge in [0.05, 0.1) is 26.4 Å². The fraction of sp³-hybridized carbons (Fsp3) is 0.949. The first-order valence-electron chi connectivity index (χ1n) is 40.7. The molecule has 0 bridgehead atoms. The number of esters is 4. The Morgan fingerprint density at radius 2 is 0.495 bits per heavy atom. The van der Waals surface area contributed by atoms with Crippen LogP contribution in [0.4, 0.5) is 0 Å². The first kappa shape index (κ1) is 95.1. The van der Waals surface area contributed by atoms with Crippen molar-refractivity contribution in [1.82, 2.24) is 0 Å². The smallest absolute Gasteiger partial charge is 0.462 e. The lowest BCUT2D eigenvalue weighted by Gasteiger charge is -2.21. The molecule has 6 atom stereocenters. The van der Waals surface area contributed by atoms with Gasteiger partial charge in [-0.1, -0.05) is 362 Å². The third kappa shape index (κ3) is 70.9. The van der Waals surface area contributed by atoms with Gasteiger partial charge in [-0.3, -0.25) is 37.3 Å². The molecule has 0 aliphatic rings. The molecule has 0 rings (SSSR count). The Labute approximate surface area is 594 Å². The SMILES string of the molecule is CCCCCCCCCCCCCCCCCCCCC(=O)OC[C@H](COP(=O)(O)OC[C@@H](O)COP(=O)(O)OC[C@@H](COC(=O)CCCCCCCCCC)OC(=O)CCCCCCCCCCC)OC(=O)CCCCCCCCCCCCCCCCCCCCC(C)CC. The highest BCUT2D eigenvalue weighted by atomic mass is 31.2. The van der Waals surface area contributed by atoms with E-state index in [4.69, 9.17) is 37.0 Å². The minimum Gasteiger partial charge on any atom is -0.462 e. The minimum atomic E-state index is -4.96. The highest BCUT2D eigenvalue weighted by Gasteiger charge is 2.30. The number of phosphoric acid groups is 2. The highest BCUT2D eigenvalue weighted by molar-refractivity contribution is 7.47. The van der Waals surface area contributed by atoms with E-state index in [2.05, 4.69) is 34.6 Å². The summed E-state index contributed by atoms with van der Waals surface area (Å²) in [6.07, 6.45) is 61.2. The van der Waals surface area contributed by atoms with Gasteiger partial charge in [-0.2, -0.15) is 0 Å². The maximum absolute atomic E-state index is 13.1. The van der Waals surface area contributed by atoms with Crippen molar-refractivity contribution < 1.29 is 80.2 Å². The summed E-state index contributed by atoms with van der Waals surface area (Å²) >= 11 is 0. The molecule has 0 radical (unpaired) electrons. The lowest BCUT2D eigenvalue weighted by Crippen LogP contribution is -2.30. The van der Waals surface area contributed by atoms with E-state index >= 15 is 0 Å². The van der Waals surface area contributed by atoms with Crippen molar-refractivity contribution >= 4 is 39.5 Å². The van der Waals surface area contributed by atoms with Crippen LogP contribution in [0.3, 0.4) is 0 Å². The number of aliphatic hydroxyl groups excluding tert-OH is 1. The first-order valence-corrected chi connectivity index (χ1v) is 43.7. The van der Waals surface area contributed by atoms with E-state index in [-0.39, 0.29) is 25.7 Å². The van der Waals surface area contributed by atoms with E-state index in [1.807, 2.05) is 0 Å². The number of carbonyl (C=O) groups is 4. The zero-order valence-electron chi connectivity index (χ0n) is 63.2. The van der Waals surface area contributed by atoms with Gasteiger partial charge in [0.1, 0.15) is 19.3 Å². The number of hydrogen-bond acceptors (Lipinski definition) is 15. The van der Waals surface area contributed by atoms with E-state index in [9.17, 15) is 43.2 Å². The molecule has 0 saturated heterocycles. The molecule has 3 unspecified atom stereocenters. The molecule has 0 aromatic carbocycles. The molecule has 0 fully saturated rings. The van der Waals surface area contributed by atoms with Crippen LogP contribution in [-0.4, -0.2) is 96.7 Å². The van der Waals surface area contributed by atoms with Crippen molar-refractivity contribution in [2.24, 2.45) is 5.92 Å². The normalized spacial score (nSPS) is 14.2. The molecular formula is C78H152O17P2. The third-order valence-electron chi connectivity index (χ3n) is 18.6. The lowest BCUT2D eigenvalue weighted by atomic mass is 9.99. The van der Waals surface area contributed by atoms with Crippen molar-refractivity contribution in [3.8, 4) is 0 Å². The fourth-order valence-corrected chi connectivity index (χ4v) is 13.6. The second-order valence-electron chi connectivity index (χ2n) is 28.3. The third-order valence-corrected chi connectivity index (χ3v) is 20.5. The molecular weight excluding hydrogens is 1270 g/mol. The average Bonchev–Trinajstić information content (AvgIpc) is 1.81. The highest BCUT2D eigenvalue weighted by Crippen LogP contribution is 2.45. The average molecular weight is 1420 g/mol. The summed E-state index contributed by atoms with van der Waals surface area (Å²) in [4.78, 5) is 72.7. The van der Waals surface area contributed by atoms with Gasteiger partial charge in [-0.25, -0.2) is 9.13 Å². The molecule has 0 aliphatic carbocycles. The van der Waals surface area contributed by atoms with Crippen molar-refractivity contribution in [2.75, 3.05) is 39.6 Å². The first-order chi connectivity index (χ1) is 47.1. The quantitative estimate of drug-likeness (QED) is 0.0222. The Balaban J connectivity index is 5.14. The van der Waals surface area contributed by atoms with E-state index in [0.29, 0.717) is 25.7 Å². The maximum Gasteiger partial charge on any atom is 0.472 e. The summed E-state index contributed by atoms with van der Waals surface area (Å²) in [7, 11) is -9.90. The fourth-order valence-electron chi connectivity index (χ4n) is 12.0. The van der Waals surface area contributed by atoms with Crippen LogP contribution in [0.25, 0.3) is 0 Å². The topological polar surface area (TPSA) is 237 Å². The van der Waals surface area contributed by atoms with Crippen LogP contribution in [0.2, 0.25) is 0 Å². The van der Waals surface area contributed by atoms with E-state index in [0.717, 1.165) is 102 Å². The summed E-state index contributed by atoms with van der Waals surface area (Å²) in [5.41, 5.74) is 0. The summed E-state index contributed by atoms with van der Waals surface area (Å²) < 4.78 is 68.4. The van der Waals surface area contributed by atoms with Gasteiger partial charge in [0.15, 0.2) is 12.2 Å². The molecule has 3 N–H and O–H groups in total. The molecule has 0 aromatic rings. The van der Waals surface area contributed by atoms with Gasteiger partial charge < -0.3 is 33.8 Å². The van der Waals surface area contributed by atoms with Crippen LogP contribution in [0.5, 0.6) is 0 Å². The van der Waals surface area contributed by atoms with Crippen LogP contribution < -0.4 is 0 Å². The van der Waals surface area contributed by atoms with E-state index in [1.165, 1.54) is 231 Å². The summed E-state index contributed by atoms with van der Waals surface area (Å²) in [6.45, 7) is 7.32. The molecule has 0 amide bonds.